The molecule has 21 heavy (non-hydrogen) atoms. The molecule has 0 aromatic heterocycles. The van der Waals surface area contributed by atoms with Gasteiger partial charge in [-0.15, -0.1) is 0 Å². The zero-order chi connectivity index (χ0) is 15.7. The Kier molecular flexibility index (Phi) is 8.92. The monoisotopic (exact) mass is 352 g/mol. The van der Waals surface area contributed by atoms with Crippen LogP contribution in [0.1, 0.15) is 45.1 Å². The summed E-state index contributed by atoms with van der Waals surface area (Å²) in [5, 5.41) is 0.928. The highest BCUT2D eigenvalue weighted by molar-refractivity contribution is 7.53. The van der Waals surface area contributed by atoms with Gasteiger partial charge in [0.15, 0.2) is 0 Å². The van der Waals surface area contributed by atoms with Crippen LogP contribution in [-0.4, -0.2) is 13.2 Å². The molecule has 6 heteroatoms. The van der Waals surface area contributed by atoms with Gasteiger partial charge in [0.25, 0.3) is 0 Å². The maximum absolute atomic E-state index is 12.8. The fourth-order valence-corrected chi connectivity index (χ4v) is 3.72. The largest absolute Gasteiger partial charge is 0.335 e. The lowest BCUT2D eigenvalue weighted by Gasteiger charge is -2.19. The van der Waals surface area contributed by atoms with Gasteiger partial charge in [-0.2, -0.15) is 0 Å². The molecule has 0 fully saturated rings. The Balaban J connectivity index is 2.74. The van der Waals surface area contributed by atoms with Crippen LogP contribution in [0.3, 0.4) is 0 Å². The molecule has 1 aromatic rings. The average Bonchev–Trinajstić information content (AvgIpc) is 2.44. The van der Waals surface area contributed by atoms with E-state index in [0.717, 1.165) is 31.2 Å². The van der Waals surface area contributed by atoms with Crippen LogP contribution >= 0.6 is 30.8 Å². The molecule has 0 aliphatic rings. The lowest BCUT2D eigenvalue weighted by Crippen LogP contribution is -2.02. The highest BCUT2D eigenvalue weighted by atomic mass is 35.5. The zero-order valence-electron chi connectivity index (χ0n) is 12.6. The first kappa shape index (κ1) is 19.0. The topological polar surface area (TPSA) is 35.5 Å². The van der Waals surface area contributed by atoms with Gasteiger partial charge in [0, 0.05) is 0 Å². The average molecular weight is 353 g/mol. The van der Waals surface area contributed by atoms with Crippen molar-refractivity contribution in [3.8, 4) is 0 Å². The Morgan fingerprint density at radius 2 is 1.57 bits per heavy atom. The summed E-state index contributed by atoms with van der Waals surface area (Å²) < 4.78 is 23.9. The maximum Gasteiger partial charge on any atom is 0.335 e. The van der Waals surface area contributed by atoms with Gasteiger partial charge in [0.05, 0.1) is 29.4 Å². The van der Waals surface area contributed by atoms with E-state index in [2.05, 4.69) is 13.8 Å². The van der Waals surface area contributed by atoms with E-state index in [-0.39, 0.29) is 6.16 Å². The highest BCUT2D eigenvalue weighted by Crippen LogP contribution is 2.52. The minimum atomic E-state index is -3.14. The maximum atomic E-state index is 12.8. The van der Waals surface area contributed by atoms with Crippen molar-refractivity contribution in [1.29, 1.82) is 0 Å². The lowest BCUT2D eigenvalue weighted by molar-refractivity contribution is 0.199. The lowest BCUT2D eigenvalue weighted by atomic mass is 10.2. The minimum absolute atomic E-state index is 0.220. The highest BCUT2D eigenvalue weighted by Gasteiger charge is 2.25. The molecule has 0 bridgehead atoms. The van der Waals surface area contributed by atoms with Crippen LogP contribution < -0.4 is 0 Å². The Morgan fingerprint density at radius 3 is 2.05 bits per heavy atom. The number of rotatable bonds is 10. The molecule has 1 rings (SSSR count). The van der Waals surface area contributed by atoms with E-state index >= 15 is 0 Å². The normalized spacial score (nSPS) is 11.8. The van der Waals surface area contributed by atoms with Crippen molar-refractivity contribution < 1.29 is 13.6 Å². The van der Waals surface area contributed by atoms with Crippen LogP contribution in [0.15, 0.2) is 18.2 Å². The molecule has 1 aromatic carbocycles. The summed E-state index contributed by atoms with van der Waals surface area (Å²) in [5.74, 6) is 0. The van der Waals surface area contributed by atoms with Gasteiger partial charge in [-0.3, -0.25) is 4.57 Å². The second kappa shape index (κ2) is 9.86. The molecule has 0 saturated heterocycles. The van der Waals surface area contributed by atoms with Crippen LogP contribution in [0.25, 0.3) is 0 Å². The van der Waals surface area contributed by atoms with E-state index < -0.39 is 7.60 Å². The van der Waals surface area contributed by atoms with E-state index in [9.17, 15) is 4.57 Å². The zero-order valence-corrected chi connectivity index (χ0v) is 15.0. The van der Waals surface area contributed by atoms with Gasteiger partial charge in [-0.25, -0.2) is 0 Å². The summed E-state index contributed by atoms with van der Waals surface area (Å²) in [6.45, 7) is 5.01. The standard InChI is InChI=1S/C15H23Cl2O3P/c1-3-5-9-19-21(18,20-10-6-4-2)12-13-7-8-14(16)15(17)11-13/h7-8,11H,3-6,9-10,12H2,1-2H3. The fourth-order valence-electron chi connectivity index (χ4n) is 1.69. The van der Waals surface area contributed by atoms with Crippen LogP contribution in [0, 0.1) is 0 Å². The third-order valence-corrected chi connectivity index (χ3v) is 5.58. The number of unbranched alkanes of at least 4 members (excludes halogenated alkanes) is 2. The van der Waals surface area contributed by atoms with E-state index in [0.29, 0.717) is 23.3 Å². The molecule has 0 heterocycles. The molecule has 3 nitrogen and oxygen atoms in total. The molecular formula is C15H23Cl2O3P. The molecule has 0 saturated carbocycles. The predicted octanol–water partition coefficient (Wildman–Crippen LogP) is 6.32. The molecule has 0 aliphatic heterocycles. The van der Waals surface area contributed by atoms with Gasteiger partial charge in [0.2, 0.25) is 0 Å². The first-order chi connectivity index (χ1) is 10.0. The summed E-state index contributed by atoms with van der Waals surface area (Å²) in [5.41, 5.74) is 0.806. The quantitative estimate of drug-likeness (QED) is 0.365. The molecule has 0 N–H and O–H groups in total. The third kappa shape index (κ3) is 7.17. The van der Waals surface area contributed by atoms with Gasteiger partial charge in [-0.1, -0.05) is 56.0 Å². The summed E-state index contributed by atoms with van der Waals surface area (Å²) >= 11 is 11.9. The van der Waals surface area contributed by atoms with Crippen LogP contribution in [0.2, 0.25) is 10.0 Å². The molecule has 0 aliphatic carbocycles. The summed E-state index contributed by atoms with van der Waals surface area (Å²) in [4.78, 5) is 0. The predicted molar refractivity (Wildman–Crippen MR) is 89.5 cm³/mol. The molecular weight excluding hydrogens is 330 g/mol. The van der Waals surface area contributed by atoms with Crippen molar-refractivity contribution in [1.82, 2.24) is 0 Å². The first-order valence-corrected chi connectivity index (χ1v) is 9.81. The van der Waals surface area contributed by atoms with E-state index in [1.54, 1.807) is 18.2 Å². The Morgan fingerprint density at radius 1 is 1.00 bits per heavy atom. The Labute approximate surface area is 137 Å². The molecule has 0 radical (unpaired) electrons. The molecule has 0 atom stereocenters. The van der Waals surface area contributed by atoms with Gasteiger partial charge >= 0.3 is 7.60 Å². The van der Waals surface area contributed by atoms with Crippen molar-refractivity contribution in [2.24, 2.45) is 0 Å². The molecule has 0 spiro atoms. The number of hydrogen-bond donors (Lipinski definition) is 0. The van der Waals surface area contributed by atoms with Crippen LogP contribution in [0.4, 0.5) is 0 Å². The van der Waals surface area contributed by atoms with Crippen molar-refractivity contribution in [2.75, 3.05) is 13.2 Å². The minimum Gasteiger partial charge on any atom is -0.308 e. The van der Waals surface area contributed by atoms with Crippen LogP contribution in [-0.2, 0) is 19.8 Å². The second-order valence-corrected chi connectivity index (χ2v) is 7.76. The first-order valence-electron chi connectivity index (χ1n) is 7.33. The van der Waals surface area contributed by atoms with Crippen molar-refractivity contribution >= 4 is 30.8 Å². The van der Waals surface area contributed by atoms with Gasteiger partial charge in [-0.05, 0) is 30.5 Å². The van der Waals surface area contributed by atoms with E-state index in [4.69, 9.17) is 32.2 Å². The number of benzene rings is 1. The van der Waals surface area contributed by atoms with Gasteiger partial charge < -0.3 is 9.05 Å². The van der Waals surface area contributed by atoms with Crippen LogP contribution in [0.5, 0.6) is 0 Å². The summed E-state index contributed by atoms with van der Waals surface area (Å²) in [6, 6.07) is 5.21. The van der Waals surface area contributed by atoms with Gasteiger partial charge in [0.1, 0.15) is 0 Å². The molecule has 120 valence electrons. The SMILES string of the molecule is CCCCOP(=O)(Cc1ccc(Cl)c(Cl)c1)OCCCC. The molecule has 0 amide bonds. The Bertz CT molecular complexity index is 466. The molecule has 0 unspecified atom stereocenters. The summed E-state index contributed by atoms with van der Waals surface area (Å²) in [6.07, 6.45) is 3.92. The fraction of sp³-hybridized carbons (Fsp3) is 0.600. The van der Waals surface area contributed by atoms with Crippen molar-refractivity contribution in [3.05, 3.63) is 33.8 Å². The third-order valence-electron chi connectivity index (χ3n) is 2.93. The van der Waals surface area contributed by atoms with E-state index in [1.165, 1.54) is 0 Å². The van der Waals surface area contributed by atoms with E-state index in [1.807, 2.05) is 0 Å². The number of halogens is 2. The van der Waals surface area contributed by atoms with Crippen molar-refractivity contribution in [3.63, 3.8) is 0 Å². The van der Waals surface area contributed by atoms with Crippen molar-refractivity contribution in [2.45, 2.75) is 45.7 Å². The number of hydrogen-bond acceptors (Lipinski definition) is 3. The second-order valence-electron chi connectivity index (χ2n) is 4.89. The summed E-state index contributed by atoms with van der Waals surface area (Å²) in [7, 11) is -3.14. The Hall–Kier alpha value is -0.0500. The smallest absolute Gasteiger partial charge is 0.308 e.